The molecule has 14 nitrogen and oxygen atoms in total. The molecule has 19 heteroatoms. The number of rotatable bonds is 5. The number of phenols is 1. The third-order valence-corrected chi connectivity index (χ3v) is 14.1. The maximum absolute atomic E-state index is 14.8. The summed E-state index contributed by atoms with van der Waals surface area (Å²) in [7, 11) is 2.79. The first kappa shape index (κ1) is 39.7. The van der Waals surface area contributed by atoms with Crippen molar-refractivity contribution >= 4 is 35.7 Å². The number of hydrogen-bond acceptors (Lipinski definition) is 16. The summed E-state index contributed by atoms with van der Waals surface area (Å²) < 4.78 is 80.6. The molecule has 3 aromatic carbocycles. The van der Waals surface area contributed by atoms with Gasteiger partial charge in [0.15, 0.2) is 52.1 Å². The van der Waals surface area contributed by atoms with Gasteiger partial charge in [0.05, 0.1) is 37.6 Å². The zero-order valence-corrected chi connectivity index (χ0v) is 34.0. The molecule has 0 aromatic heterocycles. The normalized spacial score (nSPS) is 27.7. The van der Waals surface area contributed by atoms with Crippen LogP contribution in [0.1, 0.15) is 68.8 Å². The molecule has 4 bridgehead atoms. The number of thioether (sulfide) groups is 1. The van der Waals surface area contributed by atoms with Crippen LogP contribution in [0.25, 0.3) is 0 Å². The Kier molecular flexibility index (Phi) is 9.74. The van der Waals surface area contributed by atoms with E-state index in [0.29, 0.717) is 63.5 Å². The van der Waals surface area contributed by atoms with E-state index in [-0.39, 0.29) is 48.7 Å². The molecule has 3 aromatic rings. The lowest BCUT2D eigenvalue weighted by Gasteiger charge is -2.59. The Labute approximate surface area is 345 Å². The second-order valence-electron chi connectivity index (χ2n) is 15.3. The van der Waals surface area contributed by atoms with Gasteiger partial charge < -0.3 is 43.0 Å². The topological polar surface area (TPSA) is 170 Å². The van der Waals surface area contributed by atoms with E-state index in [1.807, 2.05) is 17.9 Å². The van der Waals surface area contributed by atoms with Gasteiger partial charge in [0.25, 0.3) is 0 Å². The van der Waals surface area contributed by atoms with Crippen LogP contribution in [0.3, 0.4) is 0 Å². The minimum absolute atomic E-state index is 0.00493. The summed E-state index contributed by atoms with van der Waals surface area (Å²) in [6.07, 6.45) is 0.761. The molecule has 10 rings (SSSR count). The van der Waals surface area contributed by atoms with Gasteiger partial charge in [-0.05, 0) is 61.1 Å². The van der Waals surface area contributed by atoms with Crippen molar-refractivity contribution in [1.29, 1.82) is 5.26 Å². The summed E-state index contributed by atoms with van der Waals surface area (Å²) in [5.74, 6) is -0.109. The van der Waals surface area contributed by atoms with Crippen molar-refractivity contribution in [2.24, 2.45) is 0 Å². The van der Waals surface area contributed by atoms with Crippen molar-refractivity contribution in [2.45, 2.75) is 80.1 Å². The van der Waals surface area contributed by atoms with Crippen molar-refractivity contribution < 1.29 is 60.5 Å². The van der Waals surface area contributed by atoms with Crippen LogP contribution < -0.4 is 38.5 Å². The number of ether oxygens (including phenoxy) is 6. The summed E-state index contributed by atoms with van der Waals surface area (Å²) in [6.45, 7) is 4.78. The van der Waals surface area contributed by atoms with E-state index in [0.717, 1.165) is 11.1 Å². The molecule has 2 saturated heterocycles. The van der Waals surface area contributed by atoms with Gasteiger partial charge in [-0.25, -0.2) is 4.79 Å². The Morgan fingerprint density at radius 3 is 2.56 bits per heavy atom. The number of aryl methyl sites for hydroxylation is 1. The third-order valence-electron chi connectivity index (χ3n) is 12.1. The molecule has 0 radical (unpaired) electrons. The molecule has 3 N–H and O–H groups in total. The molecular formula is C40H39F3N4O10S2. The first-order valence-electron chi connectivity index (χ1n) is 18.9. The van der Waals surface area contributed by atoms with Crippen LogP contribution in [0.15, 0.2) is 18.2 Å². The molecule has 7 aliphatic rings. The number of methoxy groups -OCH3 is 2. The predicted molar refractivity (Wildman–Crippen MR) is 206 cm³/mol. The van der Waals surface area contributed by atoms with E-state index in [1.165, 1.54) is 45.0 Å². The summed E-state index contributed by atoms with van der Waals surface area (Å²) >= 11 is 0.692. The van der Waals surface area contributed by atoms with E-state index >= 15 is 0 Å². The fourth-order valence-electron chi connectivity index (χ4n) is 9.93. The van der Waals surface area contributed by atoms with Gasteiger partial charge >= 0.3 is 17.4 Å². The zero-order valence-electron chi connectivity index (χ0n) is 32.4. The van der Waals surface area contributed by atoms with Gasteiger partial charge in [-0.2, -0.15) is 18.4 Å². The number of carbonyl (C=O) groups is 2. The lowest BCUT2D eigenvalue weighted by atomic mass is 9.72. The SMILES string of the molecule is COc1cc2c(cc1OSC(F)(F)F)CCN[C@]21CS[C@@H]2c3c(OC(C)=O)c(C)c4c(c3C(COC1=O)N1[C@@H]2[C@@H]2N[C@@H](Cc3cc(C)c(OC)c(O)c32)[C@@H]1C#N)OCO4. The van der Waals surface area contributed by atoms with Gasteiger partial charge in [0, 0.05) is 53.6 Å². The second kappa shape index (κ2) is 14.5. The highest BCUT2D eigenvalue weighted by molar-refractivity contribution is 7.99. The maximum Gasteiger partial charge on any atom is 0.479 e. The van der Waals surface area contributed by atoms with E-state index in [2.05, 4.69) is 16.7 Å². The number of phenolic OH excluding ortho intramolecular Hbond substituents is 1. The Bertz CT molecular complexity index is 2340. The van der Waals surface area contributed by atoms with Gasteiger partial charge in [-0.3, -0.25) is 15.0 Å². The van der Waals surface area contributed by atoms with Crippen LogP contribution in [0.5, 0.6) is 40.2 Å². The number of alkyl halides is 3. The van der Waals surface area contributed by atoms with Crippen LogP contribution in [0.4, 0.5) is 13.2 Å². The predicted octanol–water partition coefficient (Wildman–Crippen LogP) is 5.49. The molecule has 2 fully saturated rings. The quantitative estimate of drug-likeness (QED) is 0.167. The lowest BCUT2D eigenvalue weighted by Crippen LogP contribution is -2.69. The number of nitrogens with zero attached hydrogens (tertiary/aromatic N) is 2. The smallest absolute Gasteiger partial charge is 0.479 e. The minimum Gasteiger partial charge on any atom is -0.504 e. The van der Waals surface area contributed by atoms with Crippen LogP contribution in [0.2, 0.25) is 0 Å². The molecule has 1 spiro atoms. The van der Waals surface area contributed by atoms with Gasteiger partial charge in [0.1, 0.15) is 18.4 Å². The molecule has 7 heterocycles. The lowest BCUT2D eigenvalue weighted by molar-refractivity contribution is -0.155. The Balaban J connectivity index is 1.27. The fraction of sp³-hybridized carbons (Fsp3) is 0.475. The van der Waals surface area contributed by atoms with Crippen LogP contribution in [0, 0.1) is 25.2 Å². The monoisotopic (exact) mass is 856 g/mol. The largest absolute Gasteiger partial charge is 0.504 e. The van der Waals surface area contributed by atoms with Crippen molar-refractivity contribution in [3.63, 3.8) is 0 Å². The highest BCUT2D eigenvalue weighted by Crippen LogP contribution is 2.63. The number of nitrogens with one attached hydrogen (secondary N) is 2. The number of hydrogen-bond donors (Lipinski definition) is 3. The molecule has 1 unspecified atom stereocenters. The third kappa shape index (κ3) is 6.12. The number of piperazine rings is 1. The summed E-state index contributed by atoms with van der Waals surface area (Å²) in [5, 5.41) is 29.4. The maximum atomic E-state index is 14.8. The molecule has 7 aliphatic heterocycles. The molecule has 0 aliphatic carbocycles. The number of nitriles is 1. The first-order valence-corrected chi connectivity index (χ1v) is 20.6. The average molecular weight is 857 g/mol. The molecule has 312 valence electrons. The van der Waals surface area contributed by atoms with Gasteiger partial charge in [0.2, 0.25) is 6.79 Å². The van der Waals surface area contributed by atoms with Crippen molar-refractivity contribution in [1.82, 2.24) is 15.5 Å². The van der Waals surface area contributed by atoms with E-state index in [1.54, 1.807) is 6.92 Å². The molecule has 0 saturated carbocycles. The van der Waals surface area contributed by atoms with Crippen LogP contribution in [-0.2, 0) is 32.7 Å². The first-order chi connectivity index (χ1) is 28.2. The van der Waals surface area contributed by atoms with E-state index < -0.39 is 70.5 Å². The molecular weight excluding hydrogens is 818 g/mol. The van der Waals surface area contributed by atoms with Gasteiger partial charge in [-0.1, -0.05) is 6.07 Å². The number of fused-ring (bicyclic) bond motifs is 9. The summed E-state index contributed by atoms with van der Waals surface area (Å²) in [4.78, 5) is 29.8. The van der Waals surface area contributed by atoms with Crippen LogP contribution >= 0.6 is 23.8 Å². The highest BCUT2D eigenvalue weighted by Gasteiger charge is 2.60. The van der Waals surface area contributed by atoms with Crippen molar-refractivity contribution in [3.8, 4) is 46.3 Å². The summed E-state index contributed by atoms with van der Waals surface area (Å²) in [6, 6.07) is 4.19. The number of halogens is 3. The summed E-state index contributed by atoms with van der Waals surface area (Å²) in [5.41, 5.74) is -1.36. The second-order valence-corrected chi connectivity index (χ2v) is 17.2. The number of esters is 2. The van der Waals surface area contributed by atoms with Crippen LogP contribution in [-0.4, -0.2) is 85.5 Å². The number of benzene rings is 3. The molecule has 59 heavy (non-hydrogen) atoms. The van der Waals surface area contributed by atoms with Crippen molar-refractivity contribution in [2.75, 3.05) is 39.9 Å². The number of carbonyl (C=O) groups excluding carboxylic acids is 2. The average Bonchev–Trinajstić information content (AvgIpc) is 3.69. The number of aromatic hydroxyl groups is 1. The Morgan fingerprint density at radius 1 is 1.07 bits per heavy atom. The Hall–Kier alpha value is -4.74. The standard InChI is InChI=1S/C40H39F3N4O10S2/c1-16-8-20-9-22-23(12-44)47-24-13-53-38(50)39(21-11-25(51-4)26(57-59-40(41,42)43)10-19(21)6-7-45-39)14-58-37(31(47)30(46-22)27(20)32(49)33(16)52-5)29-28(24)36-35(54-15-55-36)17(2)34(29)56-18(3)48/h8,10-11,22-24,30-31,37,45-46,49H,6-7,9,13-15H2,1-5H3/t22-,23-,24?,30+,31+,37+,39+/m0/s1. The van der Waals surface area contributed by atoms with E-state index in [4.69, 9.17) is 32.6 Å². The molecule has 7 atom stereocenters. The van der Waals surface area contributed by atoms with Gasteiger partial charge in [-0.15, -0.1) is 11.8 Å². The zero-order chi connectivity index (χ0) is 41.7. The van der Waals surface area contributed by atoms with E-state index in [9.17, 15) is 33.1 Å². The minimum atomic E-state index is -4.68. The van der Waals surface area contributed by atoms with Crippen molar-refractivity contribution in [3.05, 3.63) is 62.7 Å². The highest BCUT2D eigenvalue weighted by atomic mass is 32.2. The fourth-order valence-corrected chi connectivity index (χ4v) is 11.9. The Morgan fingerprint density at radius 2 is 1.85 bits per heavy atom. The molecule has 0 amide bonds.